The Morgan fingerprint density at radius 3 is 2.95 bits per heavy atom. The predicted molar refractivity (Wildman–Crippen MR) is 79.1 cm³/mol. The molecule has 2 aliphatic rings. The number of carbonyl (C=O) groups excluding carboxylic acids is 1. The van der Waals surface area contributed by atoms with Gasteiger partial charge < -0.3 is 14.5 Å². The number of esters is 1. The van der Waals surface area contributed by atoms with Gasteiger partial charge in [-0.3, -0.25) is 4.90 Å². The number of furan rings is 1. The summed E-state index contributed by atoms with van der Waals surface area (Å²) >= 11 is 0. The zero-order valence-electron chi connectivity index (χ0n) is 12.6. The molecule has 1 unspecified atom stereocenters. The van der Waals surface area contributed by atoms with Gasteiger partial charge in [-0.05, 0) is 38.3 Å². The molecule has 0 radical (unpaired) electrons. The van der Waals surface area contributed by atoms with E-state index in [9.17, 15) is 4.79 Å². The number of piperidine rings is 1. The number of ether oxygens (including phenoxy) is 1. The lowest BCUT2D eigenvalue weighted by Gasteiger charge is -2.30. The van der Waals surface area contributed by atoms with Crippen LogP contribution in [0.25, 0.3) is 0 Å². The van der Waals surface area contributed by atoms with E-state index in [-0.39, 0.29) is 5.97 Å². The van der Waals surface area contributed by atoms with Crippen molar-refractivity contribution in [3.8, 4) is 0 Å². The van der Waals surface area contributed by atoms with Gasteiger partial charge in [0.05, 0.1) is 19.9 Å². The third kappa shape index (κ3) is 3.66. The van der Waals surface area contributed by atoms with Gasteiger partial charge in [0.15, 0.2) is 0 Å². The van der Waals surface area contributed by atoms with Crippen molar-refractivity contribution < 1.29 is 13.9 Å². The van der Waals surface area contributed by atoms with Gasteiger partial charge >= 0.3 is 5.97 Å². The number of nitrogens with one attached hydrogen (secondary N) is 1. The molecule has 116 valence electrons. The van der Waals surface area contributed by atoms with E-state index < -0.39 is 0 Å². The highest BCUT2D eigenvalue weighted by atomic mass is 16.5. The van der Waals surface area contributed by atoms with E-state index in [2.05, 4.69) is 10.2 Å². The Bertz CT molecular complexity index is 476. The summed E-state index contributed by atoms with van der Waals surface area (Å²) in [5, 5.41) is 3.60. The number of methoxy groups -OCH3 is 1. The van der Waals surface area contributed by atoms with Crippen molar-refractivity contribution in [1.82, 2.24) is 10.2 Å². The second-order valence-corrected chi connectivity index (χ2v) is 6.06. The van der Waals surface area contributed by atoms with Crippen LogP contribution in [-0.4, -0.2) is 43.2 Å². The van der Waals surface area contributed by atoms with Crippen molar-refractivity contribution in [2.24, 2.45) is 0 Å². The molecule has 2 heterocycles. The Kier molecular flexibility index (Phi) is 4.60. The minimum Gasteiger partial charge on any atom is -0.467 e. The average molecular weight is 292 g/mol. The van der Waals surface area contributed by atoms with Gasteiger partial charge in [-0.2, -0.15) is 0 Å². The van der Waals surface area contributed by atoms with Crippen molar-refractivity contribution in [2.75, 3.05) is 20.2 Å². The maximum absolute atomic E-state index is 11.7. The van der Waals surface area contributed by atoms with Crippen LogP contribution in [0.15, 0.2) is 16.7 Å². The van der Waals surface area contributed by atoms with E-state index in [0.29, 0.717) is 24.2 Å². The highest BCUT2D eigenvalue weighted by molar-refractivity contribution is 5.90. The monoisotopic (exact) mass is 292 g/mol. The summed E-state index contributed by atoms with van der Waals surface area (Å²) < 4.78 is 10.3. The number of hydrogen-bond acceptors (Lipinski definition) is 5. The molecule has 21 heavy (non-hydrogen) atoms. The number of rotatable bonds is 6. The average Bonchev–Trinajstić information content (AvgIpc) is 3.27. The molecule has 0 amide bonds. The van der Waals surface area contributed by atoms with Gasteiger partial charge in [-0.15, -0.1) is 0 Å². The maximum Gasteiger partial charge on any atom is 0.341 e. The summed E-state index contributed by atoms with van der Waals surface area (Å²) in [7, 11) is 1.41. The molecule has 2 fully saturated rings. The molecule has 1 saturated heterocycles. The van der Waals surface area contributed by atoms with Crippen LogP contribution < -0.4 is 5.32 Å². The molecule has 5 nitrogen and oxygen atoms in total. The fourth-order valence-corrected chi connectivity index (χ4v) is 3.08. The van der Waals surface area contributed by atoms with Crippen LogP contribution in [0.3, 0.4) is 0 Å². The highest BCUT2D eigenvalue weighted by Gasteiger charge is 2.32. The van der Waals surface area contributed by atoms with E-state index in [1.165, 1.54) is 39.2 Å². The minimum atomic E-state index is -0.315. The summed E-state index contributed by atoms with van der Waals surface area (Å²) in [5.74, 6) is 0.412. The summed E-state index contributed by atoms with van der Waals surface area (Å²) in [6, 6.07) is 2.91. The summed E-state index contributed by atoms with van der Waals surface area (Å²) in [6.07, 6.45) is 7.91. The molecule has 1 aromatic heterocycles. The van der Waals surface area contributed by atoms with Crippen molar-refractivity contribution >= 4 is 5.97 Å². The maximum atomic E-state index is 11.7. The molecular formula is C16H24N2O3. The zero-order valence-corrected chi connectivity index (χ0v) is 12.6. The van der Waals surface area contributed by atoms with Crippen molar-refractivity contribution in [3.05, 3.63) is 23.7 Å². The van der Waals surface area contributed by atoms with Crippen LogP contribution in [0.5, 0.6) is 0 Å². The summed E-state index contributed by atoms with van der Waals surface area (Å²) in [4.78, 5) is 14.2. The van der Waals surface area contributed by atoms with Gasteiger partial charge in [0, 0.05) is 18.6 Å². The largest absolute Gasteiger partial charge is 0.467 e. The lowest BCUT2D eigenvalue weighted by molar-refractivity contribution is 0.0595. The second-order valence-electron chi connectivity index (χ2n) is 6.06. The zero-order chi connectivity index (χ0) is 14.7. The van der Waals surface area contributed by atoms with E-state index in [1.54, 1.807) is 12.3 Å². The predicted octanol–water partition coefficient (Wildman–Crippen LogP) is 2.17. The molecule has 1 aliphatic heterocycles. The third-order valence-corrected chi connectivity index (χ3v) is 4.43. The van der Waals surface area contributed by atoms with E-state index in [4.69, 9.17) is 9.15 Å². The molecule has 1 N–H and O–H groups in total. The second kappa shape index (κ2) is 6.62. The molecule has 1 saturated carbocycles. The fourth-order valence-electron chi connectivity index (χ4n) is 3.08. The SMILES string of the molecule is COC(=O)c1ccoc1CN(CC1CCCCN1)C1CC1. The first-order chi connectivity index (χ1) is 10.3. The molecule has 0 aromatic carbocycles. The van der Waals surface area contributed by atoms with E-state index in [1.807, 2.05) is 0 Å². The van der Waals surface area contributed by atoms with Crippen LogP contribution in [-0.2, 0) is 11.3 Å². The van der Waals surface area contributed by atoms with E-state index in [0.717, 1.165) is 18.8 Å². The minimum absolute atomic E-state index is 0.315. The molecule has 1 aromatic rings. The Morgan fingerprint density at radius 2 is 2.29 bits per heavy atom. The lowest BCUT2D eigenvalue weighted by Crippen LogP contribution is -2.44. The van der Waals surface area contributed by atoms with Crippen LogP contribution in [0.4, 0.5) is 0 Å². The Labute approximate surface area is 125 Å². The third-order valence-electron chi connectivity index (χ3n) is 4.43. The molecule has 0 spiro atoms. The highest BCUT2D eigenvalue weighted by Crippen LogP contribution is 2.30. The molecular weight excluding hydrogens is 268 g/mol. The molecule has 3 rings (SSSR count). The molecule has 5 heteroatoms. The van der Waals surface area contributed by atoms with Gasteiger partial charge in [0.1, 0.15) is 11.3 Å². The van der Waals surface area contributed by atoms with Gasteiger partial charge in [-0.25, -0.2) is 4.79 Å². The molecule has 0 bridgehead atoms. The standard InChI is InChI=1S/C16H24N2O3/c1-20-16(19)14-7-9-21-15(14)11-18(13-5-6-13)10-12-4-2-3-8-17-12/h7,9,12-13,17H,2-6,8,10-11H2,1H3. The van der Waals surface area contributed by atoms with Gasteiger partial charge in [-0.1, -0.05) is 6.42 Å². The molecule has 1 atom stereocenters. The Morgan fingerprint density at radius 1 is 1.43 bits per heavy atom. The smallest absolute Gasteiger partial charge is 0.341 e. The van der Waals surface area contributed by atoms with Crippen molar-refractivity contribution in [3.63, 3.8) is 0 Å². The number of hydrogen-bond donors (Lipinski definition) is 1. The van der Waals surface area contributed by atoms with Crippen LogP contribution in [0.1, 0.15) is 48.2 Å². The Balaban J connectivity index is 1.65. The number of nitrogens with zero attached hydrogens (tertiary/aromatic N) is 1. The molecule has 1 aliphatic carbocycles. The van der Waals surface area contributed by atoms with Crippen LogP contribution in [0, 0.1) is 0 Å². The van der Waals surface area contributed by atoms with Crippen molar-refractivity contribution in [1.29, 1.82) is 0 Å². The Hall–Kier alpha value is -1.33. The van der Waals surface area contributed by atoms with E-state index >= 15 is 0 Å². The first-order valence-electron chi connectivity index (χ1n) is 7.90. The first kappa shape index (κ1) is 14.6. The summed E-state index contributed by atoms with van der Waals surface area (Å²) in [6.45, 7) is 2.85. The van der Waals surface area contributed by atoms with Crippen LogP contribution in [0.2, 0.25) is 0 Å². The fraction of sp³-hybridized carbons (Fsp3) is 0.688. The normalized spacial score (nSPS) is 22.5. The topological polar surface area (TPSA) is 54.7 Å². The van der Waals surface area contributed by atoms with Gasteiger partial charge in [0.25, 0.3) is 0 Å². The number of carbonyl (C=O) groups is 1. The summed E-state index contributed by atoms with van der Waals surface area (Å²) in [5.41, 5.74) is 0.555. The lowest BCUT2D eigenvalue weighted by atomic mass is 10.0. The van der Waals surface area contributed by atoms with Crippen LogP contribution >= 0.6 is 0 Å². The van der Waals surface area contributed by atoms with Crippen molar-refractivity contribution in [2.45, 2.75) is 50.7 Å². The first-order valence-corrected chi connectivity index (χ1v) is 7.90. The van der Waals surface area contributed by atoms with Gasteiger partial charge in [0.2, 0.25) is 0 Å². The quantitative estimate of drug-likeness (QED) is 0.814.